The fourth-order valence-corrected chi connectivity index (χ4v) is 9.59. The standard InChI is InChI=1S/C65H119N2O7P/c1-7-10-13-16-19-22-25-28-30-31-32-33-34-35-37-39-42-45-48-51-54-57-64(68)66-62(61-73-75(70,71)72-60-59-67(4,5)6)63(56-53-50-47-44-41-38-27-24-21-18-15-12-9-3)74-65(69)58-55-52-49-46-43-40-36-29-26-23-20-17-14-11-8-2/h11,14,17,19-20,22-23,26,28,30,53,56,62-63H,7-10,12-13,15-16,18,21,24-25,27,29,31-52,54-55,57-61H2,1-6H3,(H-,66,68,70,71)/p+1/b14-11+,20-17+,22-19-,26-23+,30-28-,56-53-. The van der Waals surface area contributed by atoms with Crippen LogP contribution in [0.5, 0.6) is 0 Å². The molecular formula is C65H120N2O7P+. The van der Waals surface area contributed by atoms with Crippen LogP contribution in [-0.2, 0) is 27.9 Å². The number of likely N-dealkylation sites (N-methyl/N-ethyl adjacent to an activating group) is 1. The normalized spacial score (nSPS) is 14.2. The molecule has 1 amide bonds. The third kappa shape index (κ3) is 56.0. The van der Waals surface area contributed by atoms with Gasteiger partial charge in [0.25, 0.3) is 0 Å². The fourth-order valence-electron chi connectivity index (χ4n) is 8.85. The Morgan fingerprint density at radius 2 is 0.907 bits per heavy atom. The Kier molecular flexibility index (Phi) is 52.9. The van der Waals surface area contributed by atoms with Gasteiger partial charge in [0.1, 0.15) is 19.3 Å². The summed E-state index contributed by atoms with van der Waals surface area (Å²) in [7, 11) is 1.48. The highest BCUT2D eigenvalue weighted by atomic mass is 31.2. The molecule has 0 saturated carbocycles. The number of carbonyl (C=O) groups excluding carboxylic acids is 2. The van der Waals surface area contributed by atoms with Crippen LogP contribution in [0.15, 0.2) is 72.9 Å². The van der Waals surface area contributed by atoms with E-state index in [0.29, 0.717) is 17.4 Å². The Bertz CT molecular complexity index is 1510. The smallest absolute Gasteiger partial charge is 0.456 e. The average Bonchev–Trinajstić information content (AvgIpc) is 3.37. The van der Waals surface area contributed by atoms with Crippen molar-refractivity contribution in [3.05, 3.63) is 72.9 Å². The van der Waals surface area contributed by atoms with Crippen LogP contribution in [0, 0.1) is 0 Å². The molecule has 0 rings (SSSR count). The second-order valence-electron chi connectivity index (χ2n) is 22.3. The molecule has 0 aromatic carbocycles. The Hall–Kier alpha value is -2.55. The van der Waals surface area contributed by atoms with E-state index in [-0.39, 0.29) is 31.5 Å². The zero-order valence-electron chi connectivity index (χ0n) is 49.8. The number of carbonyl (C=O) groups is 2. The molecule has 0 heterocycles. The SMILES string of the molecule is CC/C=C/C=C/C=C/CCCCCCCCCC(=O)OC(/C=C\CCCCCCCCCCCCC)C(COP(=O)(O)OCC[N+](C)(C)C)NC(=O)CCCCCCCCCCCCC/C=C\C/C=C\CCCCC. The third-order valence-corrected chi connectivity index (χ3v) is 14.7. The summed E-state index contributed by atoms with van der Waals surface area (Å²) in [5.41, 5.74) is 0. The predicted molar refractivity (Wildman–Crippen MR) is 323 cm³/mol. The molecule has 0 aromatic rings. The molecule has 0 saturated heterocycles. The Morgan fingerprint density at radius 3 is 1.40 bits per heavy atom. The first-order chi connectivity index (χ1) is 36.4. The van der Waals surface area contributed by atoms with Gasteiger partial charge < -0.3 is 19.4 Å². The number of allylic oxidation sites excluding steroid dienone is 11. The number of phosphoric ester groups is 1. The molecule has 3 atom stereocenters. The summed E-state index contributed by atoms with van der Waals surface area (Å²) in [5.74, 6) is -0.518. The summed E-state index contributed by atoms with van der Waals surface area (Å²) in [6.45, 7) is 6.86. The van der Waals surface area contributed by atoms with E-state index in [1.807, 2.05) is 33.3 Å². The first-order valence-corrected chi connectivity index (χ1v) is 32.8. The number of phosphoric acid groups is 1. The van der Waals surface area contributed by atoms with Crippen molar-refractivity contribution in [2.24, 2.45) is 0 Å². The molecule has 436 valence electrons. The van der Waals surface area contributed by atoms with Crippen LogP contribution in [-0.4, -0.2) is 74.3 Å². The van der Waals surface area contributed by atoms with Crippen molar-refractivity contribution in [1.82, 2.24) is 5.32 Å². The number of nitrogens with zero attached hydrogens (tertiary/aromatic N) is 1. The van der Waals surface area contributed by atoms with Crippen molar-refractivity contribution in [2.45, 2.75) is 290 Å². The van der Waals surface area contributed by atoms with E-state index in [2.05, 4.69) is 86.8 Å². The molecule has 0 radical (unpaired) electrons. The van der Waals surface area contributed by atoms with Crippen LogP contribution >= 0.6 is 7.82 Å². The minimum Gasteiger partial charge on any atom is -0.456 e. The summed E-state index contributed by atoms with van der Waals surface area (Å²) in [4.78, 5) is 37.7. The van der Waals surface area contributed by atoms with Crippen molar-refractivity contribution in [3.63, 3.8) is 0 Å². The monoisotopic (exact) mass is 1070 g/mol. The number of rotatable bonds is 56. The summed E-state index contributed by atoms with van der Waals surface area (Å²) in [6, 6.07) is -0.856. The zero-order chi connectivity index (χ0) is 55.0. The Morgan fingerprint density at radius 1 is 0.493 bits per heavy atom. The topological polar surface area (TPSA) is 111 Å². The van der Waals surface area contributed by atoms with Gasteiger partial charge in [-0.2, -0.15) is 0 Å². The molecule has 0 spiro atoms. The number of nitrogens with one attached hydrogen (secondary N) is 1. The quantitative estimate of drug-likeness (QED) is 0.0156. The highest BCUT2D eigenvalue weighted by Crippen LogP contribution is 2.43. The van der Waals surface area contributed by atoms with Gasteiger partial charge >= 0.3 is 13.8 Å². The van der Waals surface area contributed by atoms with Gasteiger partial charge in [-0.25, -0.2) is 4.57 Å². The van der Waals surface area contributed by atoms with Crippen LogP contribution in [0.25, 0.3) is 0 Å². The number of hydrogen-bond acceptors (Lipinski definition) is 6. The van der Waals surface area contributed by atoms with Crippen molar-refractivity contribution < 1.29 is 37.3 Å². The van der Waals surface area contributed by atoms with E-state index < -0.39 is 20.0 Å². The lowest BCUT2D eigenvalue weighted by Crippen LogP contribution is -2.47. The minimum atomic E-state index is -4.45. The average molecular weight is 1070 g/mol. The van der Waals surface area contributed by atoms with Crippen molar-refractivity contribution in [1.29, 1.82) is 0 Å². The van der Waals surface area contributed by atoms with Crippen molar-refractivity contribution >= 4 is 19.7 Å². The highest BCUT2D eigenvalue weighted by Gasteiger charge is 2.30. The first kappa shape index (κ1) is 72.5. The van der Waals surface area contributed by atoms with Crippen LogP contribution in [0.3, 0.4) is 0 Å². The third-order valence-electron chi connectivity index (χ3n) is 13.7. The van der Waals surface area contributed by atoms with Crippen molar-refractivity contribution in [3.8, 4) is 0 Å². The van der Waals surface area contributed by atoms with Gasteiger partial charge in [0.15, 0.2) is 0 Å². The molecule has 9 nitrogen and oxygen atoms in total. The van der Waals surface area contributed by atoms with E-state index in [4.69, 9.17) is 13.8 Å². The first-order valence-electron chi connectivity index (χ1n) is 31.3. The number of amides is 1. The molecule has 2 N–H and O–H groups in total. The molecule has 0 bridgehead atoms. The van der Waals surface area contributed by atoms with Gasteiger partial charge in [-0.15, -0.1) is 0 Å². The van der Waals surface area contributed by atoms with E-state index in [1.54, 1.807) is 0 Å². The van der Waals surface area contributed by atoms with E-state index in [1.165, 1.54) is 161 Å². The molecule has 0 aliphatic carbocycles. The molecular weight excluding hydrogens is 952 g/mol. The van der Waals surface area contributed by atoms with Gasteiger partial charge in [-0.05, 0) is 83.1 Å². The lowest BCUT2D eigenvalue weighted by atomic mass is 10.0. The fraction of sp³-hybridized carbons (Fsp3) is 0.785. The van der Waals surface area contributed by atoms with Crippen LogP contribution in [0.1, 0.15) is 278 Å². The van der Waals surface area contributed by atoms with Crippen LogP contribution < -0.4 is 5.32 Å². The lowest BCUT2D eigenvalue weighted by molar-refractivity contribution is -0.870. The molecule has 0 aromatic heterocycles. The van der Waals surface area contributed by atoms with Gasteiger partial charge in [0, 0.05) is 12.8 Å². The van der Waals surface area contributed by atoms with E-state index >= 15 is 0 Å². The van der Waals surface area contributed by atoms with Crippen molar-refractivity contribution in [2.75, 3.05) is 40.9 Å². The van der Waals surface area contributed by atoms with Crippen LogP contribution in [0.4, 0.5) is 0 Å². The molecule has 10 heteroatoms. The van der Waals surface area contributed by atoms with E-state index in [9.17, 15) is 19.0 Å². The Labute approximate surface area is 463 Å². The maximum Gasteiger partial charge on any atom is 0.472 e. The van der Waals surface area contributed by atoms with Gasteiger partial charge in [0.05, 0.1) is 33.8 Å². The molecule has 0 aliphatic heterocycles. The molecule has 0 aliphatic rings. The molecule has 0 fully saturated rings. The van der Waals surface area contributed by atoms with Gasteiger partial charge in [0.2, 0.25) is 5.91 Å². The lowest BCUT2D eigenvalue weighted by Gasteiger charge is -2.27. The molecule has 75 heavy (non-hydrogen) atoms. The number of hydrogen-bond donors (Lipinski definition) is 2. The van der Waals surface area contributed by atoms with Gasteiger partial charge in [-0.3, -0.25) is 18.6 Å². The zero-order valence-corrected chi connectivity index (χ0v) is 50.7. The summed E-state index contributed by atoms with van der Waals surface area (Å²) in [5, 5.41) is 3.06. The molecule has 3 unspecified atom stereocenters. The largest absolute Gasteiger partial charge is 0.472 e. The summed E-state index contributed by atoms with van der Waals surface area (Å²) in [6.07, 6.45) is 70.3. The summed E-state index contributed by atoms with van der Waals surface area (Å²) < 4.78 is 30.7. The van der Waals surface area contributed by atoms with Gasteiger partial charge in [-0.1, -0.05) is 255 Å². The predicted octanol–water partition coefficient (Wildman–Crippen LogP) is 19.2. The number of ether oxygens (including phenoxy) is 1. The van der Waals surface area contributed by atoms with E-state index in [0.717, 1.165) is 83.5 Å². The maximum atomic E-state index is 13.6. The summed E-state index contributed by atoms with van der Waals surface area (Å²) >= 11 is 0. The maximum absolute atomic E-state index is 13.6. The Balaban J connectivity index is 5.25. The van der Waals surface area contributed by atoms with Crippen LogP contribution in [0.2, 0.25) is 0 Å². The second kappa shape index (κ2) is 54.8. The number of unbranched alkanes of at least 4 members (excludes halogenated alkanes) is 32. The highest BCUT2D eigenvalue weighted by molar-refractivity contribution is 7.47. The number of esters is 1. The number of quaternary nitrogens is 1. The second-order valence-corrected chi connectivity index (χ2v) is 23.7. The minimum absolute atomic E-state index is 0.0358.